The van der Waals surface area contributed by atoms with Crippen molar-refractivity contribution in [1.82, 2.24) is 10.2 Å². The number of amides is 2. The van der Waals surface area contributed by atoms with Gasteiger partial charge in [-0.05, 0) is 44.0 Å². The standard InChI is InChI=1S/C16H23N3O4S/c1-3-24(22,23)18-14-6-4-13(5-7-14)16(21)19-10-8-12(9-11-19)15(20)17-2/h4-7,12,18H,3,8-11H2,1-2H3,(H,17,20). The van der Waals surface area contributed by atoms with Gasteiger partial charge in [-0.25, -0.2) is 8.42 Å². The van der Waals surface area contributed by atoms with Gasteiger partial charge in [-0.1, -0.05) is 0 Å². The van der Waals surface area contributed by atoms with Gasteiger partial charge < -0.3 is 10.2 Å². The minimum atomic E-state index is -3.33. The van der Waals surface area contributed by atoms with Gasteiger partial charge in [0.05, 0.1) is 5.75 Å². The molecule has 1 aliphatic heterocycles. The molecule has 2 rings (SSSR count). The fourth-order valence-electron chi connectivity index (χ4n) is 2.66. The number of nitrogens with zero attached hydrogens (tertiary/aromatic N) is 1. The molecule has 0 saturated carbocycles. The molecule has 24 heavy (non-hydrogen) atoms. The van der Waals surface area contributed by atoms with Gasteiger partial charge in [0.15, 0.2) is 0 Å². The van der Waals surface area contributed by atoms with Crippen molar-refractivity contribution in [3.8, 4) is 0 Å². The quantitative estimate of drug-likeness (QED) is 0.827. The molecule has 8 heteroatoms. The number of piperidine rings is 1. The lowest BCUT2D eigenvalue weighted by atomic mass is 9.95. The summed E-state index contributed by atoms with van der Waals surface area (Å²) in [6.45, 7) is 2.64. The normalized spacial score (nSPS) is 15.8. The van der Waals surface area contributed by atoms with Crippen LogP contribution in [-0.4, -0.2) is 51.0 Å². The maximum atomic E-state index is 12.5. The summed E-state index contributed by atoms with van der Waals surface area (Å²) in [6, 6.07) is 6.39. The minimum Gasteiger partial charge on any atom is -0.359 e. The fraction of sp³-hybridized carbons (Fsp3) is 0.500. The predicted molar refractivity (Wildman–Crippen MR) is 92.2 cm³/mol. The Morgan fingerprint density at radius 3 is 2.25 bits per heavy atom. The first-order valence-electron chi connectivity index (χ1n) is 7.97. The zero-order valence-corrected chi connectivity index (χ0v) is 14.7. The van der Waals surface area contributed by atoms with Crippen LogP contribution >= 0.6 is 0 Å². The third kappa shape index (κ3) is 4.47. The van der Waals surface area contributed by atoms with Gasteiger partial charge in [0.2, 0.25) is 15.9 Å². The Balaban J connectivity index is 1.97. The summed E-state index contributed by atoms with van der Waals surface area (Å²) >= 11 is 0. The molecule has 0 atom stereocenters. The molecule has 0 aliphatic carbocycles. The summed E-state index contributed by atoms with van der Waals surface area (Å²) < 4.78 is 25.5. The molecule has 1 fully saturated rings. The second-order valence-electron chi connectivity index (χ2n) is 5.76. The van der Waals surface area contributed by atoms with Crippen molar-refractivity contribution in [3.63, 3.8) is 0 Å². The van der Waals surface area contributed by atoms with Gasteiger partial charge in [0.25, 0.3) is 5.91 Å². The highest BCUT2D eigenvalue weighted by atomic mass is 32.2. The molecule has 1 aromatic carbocycles. The van der Waals surface area contributed by atoms with Crippen LogP contribution in [0, 0.1) is 5.92 Å². The molecule has 132 valence electrons. The average molecular weight is 353 g/mol. The Morgan fingerprint density at radius 1 is 1.17 bits per heavy atom. The zero-order chi connectivity index (χ0) is 17.7. The molecule has 0 bridgehead atoms. The number of likely N-dealkylation sites (tertiary alicyclic amines) is 1. The number of carbonyl (C=O) groups excluding carboxylic acids is 2. The van der Waals surface area contributed by atoms with E-state index in [1.807, 2.05) is 0 Å². The van der Waals surface area contributed by atoms with Crippen LogP contribution in [0.4, 0.5) is 5.69 Å². The van der Waals surface area contributed by atoms with E-state index in [9.17, 15) is 18.0 Å². The smallest absolute Gasteiger partial charge is 0.253 e. The van der Waals surface area contributed by atoms with Crippen molar-refractivity contribution >= 4 is 27.5 Å². The second-order valence-corrected chi connectivity index (χ2v) is 7.77. The van der Waals surface area contributed by atoms with E-state index in [1.165, 1.54) is 0 Å². The topological polar surface area (TPSA) is 95.6 Å². The molecule has 0 aromatic heterocycles. The molecule has 0 radical (unpaired) electrons. The van der Waals surface area contributed by atoms with Crippen molar-refractivity contribution in [2.75, 3.05) is 30.6 Å². The Kier molecular flexibility index (Phi) is 5.82. The van der Waals surface area contributed by atoms with Gasteiger partial charge in [0.1, 0.15) is 0 Å². The van der Waals surface area contributed by atoms with E-state index in [4.69, 9.17) is 0 Å². The van der Waals surface area contributed by atoms with Gasteiger partial charge in [-0.15, -0.1) is 0 Å². The Bertz CT molecular complexity index is 693. The number of hydrogen-bond donors (Lipinski definition) is 2. The lowest BCUT2D eigenvalue weighted by Gasteiger charge is -2.31. The van der Waals surface area contributed by atoms with E-state index < -0.39 is 10.0 Å². The molecule has 1 heterocycles. The van der Waals surface area contributed by atoms with Gasteiger partial charge in [-0.2, -0.15) is 0 Å². The van der Waals surface area contributed by atoms with Crippen LogP contribution in [-0.2, 0) is 14.8 Å². The molecular weight excluding hydrogens is 330 g/mol. The molecule has 0 spiro atoms. The van der Waals surface area contributed by atoms with Gasteiger partial charge in [0, 0.05) is 37.3 Å². The molecule has 7 nitrogen and oxygen atoms in total. The van der Waals surface area contributed by atoms with Crippen LogP contribution in [0.5, 0.6) is 0 Å². The van der Waals surface area contributed by atoms with E-state index in [0.717, 1.165) is 0 Å². The van der Waals surface area contributed by atoms with Gasteiger partial charge in [-0.3, -0.25) is 14.3 Å². The maximum absolute atomic E-state index is 12.5. The van der Waals surface area contributed by atoms with Crippen molar-refractivity contribution in [1.29, 1.82) is 0 Å². The third-order valence-corrected chi connectivity index (χ3v) is 5.49. The third-order valence-electron chi connectivity index (χ3n) is 4.18. The Morgan fingerprint density at radius 2 is 1.75 bits per heavy atom. The Hall–Kier alpha value is -2.09. The van der Waals surface area contributed by atoms with E-state index in [0.29, 0.717) is 37.2 Å². The van der Waals surface area contributed by atoms with Crippen molar-refractivity contribution in [2.45, 2.75) is 19.8 Å². The molecular formula is C16H23N3O4S. The number of anilines is 1. The van der Waals surface area contributed by atoms with E-state index in [2.05, 4.69) is 10.0 Å². The maximum Gasteiger partial charge on any atom is 0.253 e. The van der Waals surface area contributed by atoms with Crippen molar-refractivity contribution in [2.24, 2.45) is 5.92 Å². The number of hydrogen-bond acceptors (Lipinski definition) is 4. The Labute approximate surface area is 142 Å². The number of rotatable bonds is 5. The van der Waals surface area contributed by atoms with Crippen molar-refractivity contribution < 1.29 is 18.0 Å². The van der Waals surface area contributed by atoms with Crippen LogP contribution in [0.15, 0.2) is 24.3 Å². The lowest BCUT2D eigenvalue weighted by molar-refractivity contribution is -0.125. The lowest BCUT2D eigenvalue weighted by Crippen LogP contribution is -2.42. The van der Waals surface area contributed by atoms with E-state index in [1.54, 1.807) is 43.1 Å². The van der Waals surface area contributed by atoms with Crippen LogP contribution < -0.4 is 10.0 Å². The summed E-state index contributed by atoms with van der Waals surface area (Å²) in [5, 5.41) is 2.64. The number of benzene rings is 1. The first kappa shape index (κ1) is 18.3. The van der Waals surface area contributed by atoms with Crippen LogP contribution in [0.2, 0.25) is 0 Å². The minimum absolute atomic E-state index is 0.00599. The molecule has 1 aromatic rings. The van der Waals surface area contributed by atoms with Crippen LogP contribution in [0.3, 0.4) is 0 Å². The van der Waals surface area contributed by atoms with Crippen LogP contribution in [0.1, 0.15) is 30.1 Å². The average Bonchev–Trinajstić information content (AvgIpc) is 2.61. The number of nitrogens with one attached hydrogen (secondary N) is 2. The van der Waals surface area contributed by atoms with Crippen molar-refractivity contribution in [3.05, 3.63) is 29.8 Å². The monoisotopic (exact) mass is 353 g/mol. The first-order chi connectivity index (χ1) is 11.4. The second kappa shape index (κ2) is 7.65. The zero-order valence-electron chi connectivity index (χ0n) is 13.9. The number of sulfonamides is 1. The molecule has 2 N–H and O–H groups in total. The summed E-state index contributed by atoms with van der Waals surface area (Å²) in [4.78, 5) is 25.8. The predicted octanol–water partition coefficient (Wildman–Crippen LogP) is 1.05. The molecule has 1 aliphatic rings. The summed E-state index contributed by atoms with van der Waals surface area (Å²) in [5.41, 5.74) is 0.944. The fourth-order valence-corrected chi connectivity index (χ4v) is 3.30. The molecule has 1 saturated heterocycles. The summed E-state index contributed by atoms with van der Waals surface area (Å²) in [5.74, 6) is -0.122. The largest absolute Gasteiger partial charge is 0.359 e. The van der Waals surface area contributed by atoms with E-state index in [-0.39, 0.29) is 23.5 Å². The van der Waals surface area contributed by atoms with Crippen LogP contribution in [0.25, 0.3) is 0 Å². The highest BCUT2D eigenvalue weighted by Crippen LogP contribution is 2.20. The molecule has 2 amide bonds. The SMILES string of the molecule is CCS(=O)(=O)Nc1ccc(C(=O)N2CCC(C(=O)NC)CC2)cc1. The van der Waals surface area contributed by atoms with Gasteiger partial charge >= 0.3 is 0 Å². The molecule has 0 unspecified atom stereocenters. The van der Waals surface area contributed by atoms with E-state index >= 15 is 0 Å². The number of carbonyl (C=O) groups is 2. The first-order valence-corrected chi connectivity index (χ1v) is 9.63. The summed E-state index contributed by atoms with van der Waals surface area (Å²) in [6.07, 6.45) is 1.31. The highest BCUT2D eigenvalue weighted by Gasteiger charge is 2.27. The highest BCUT2D eigenvalue weighted by molar-refractivity contribution is 7.92. The summed E-state index contributed by atoms with van der Waals surface area (Å²) in [7, 11) is -1.71.